The lowest BCUT2D eigenvalue weighted by Gasteiger charge is -2.06. The number of primary amides is 2. The van der Waals surface area contributed by atoms with Crippen LogP contribution in [0.2, 0.25) is 0 Å². The van der Waals surface area contributed by atoms with E-state index in [0.717, 1.165) is 0 Å². The molecule has 0 aromatic carbocycles. The van der Waals surface area contributed by atoms with E-state index in [1.54, 1.807) is 0 Å². The molecule has 7 nitrogen and oxygen atoms in total. The number of amides is 2. The average Bonchev–Trinajstić information content (AvgIpc) is 1.79. The van der Waals surface area contributed by atoms with Gasteiger partial charge in [-0.3, -0.25) is 14.1 Å². The number of nitrogens with two attached hydrogens (primary N) is 2. The third-order valence-electron chi connectivity index (χ3n) is 1.06. The first-order valence-electron chi connectivity index (χ1n) is 2.79. The molecule has 0 aliphatic rings. The molecule has 0 aromatic heterocycles. The van der Waals surface area contributed by atoms with Crippen molar-refractivity contribution in [1.29, 1.82) is 0 Å². The third-order valence-corrected chi connectivity index (χ3v) is 2.18. The molecule has 0 heterocycles. The Kier molecular flexibility index (Phi) is 3.16. The first-order chi connectivity index (χ1) is 5.25. The van der Waals surface area contributed by atoms with Crippen LogP contribution in [0.3, 0.4) is 0 Å². The Labute approximate surface area is 68.5 Å². The molecule has 0 rings (SSSR count). The van der Waals surface area contributed by atoms with E-state index >= 15 is 0 Å². The third kappa shape index (κ3) is 3.30. The summed E-state index contributed by atoms with van der Waals surface area (Å²) in [5, 5.41) is -1.95. The lowest BCUT2D eigenvalue weighted by molar-refractivity contribution is -0.123. The van der Waals surface area contributed by atoms with Crippen LogP contribution in [-0.4, -0.2) is 30.0 Å². The van der Waals surface area contributed by atoms with Crippen molar-refractivity contribution in [3.05, 3.63) is 0 Å². The van der Waals surface area contributed by atoms with Crippen LogP contribution in [0.5, 0.6) is 0 Å². The molecule has 8 heteroatoms. The van der Waals surface area contributed by atoms with Gasteiger partial charge in [-0.25, -0.2) is 0 Å². The molecule has 1 unspecified atom stereocenters. The van der Waals surface area contributed by atoms with Crippen LogP contribution in [-0.2, 0) is 19.7 Å². The van der Waals surface area contributed by atoms with Crippen molar-refractivity contribution < 1.29 is 22.6 Å². The number of hydrogen-bond acceptors (Lipinski definition) is 4. The molecule has 0 saturated heterocycles. The van der Waals surface area contributed by atoms with Gasteiger partial charge in [0, 0.05) is 0 Å². The standard InChI is InChI=1S/C4H8N2O5S/c5-3(7)1-2(4(6)8)12(9,10)11/h2H,1H2,(H2,5,7)(H2,6,8)(H,9,10,11). The van der Waals surface area contributed by atoms with Gasteiger partial charge in [-0.05, 0) is 0 Å². The van der Waals surface area contributed by atoms with Crippen LogP contribution < -0.4 is 11.5 Å². The summed E-state index contributed by atoms with van der Waals surface area (Å²) in [6.07, 6.45) is -0.811. The van der Waals surface area contributed by atoms with Crippen LogP contribution in [0.4, 0.5) is 0 Å². The summed E-state index contributed by atoms with van der Waals surface area (Å²) in [5.74, 6) is -2.34. The van der Waals surface area contributed by atoms with Crippen molar-refractivity contribution in [1.82, 2.24) is 0 Å². The second-order valence-electron chi connectivity index (χ2n) is 2.08. The van der Waals surface area contributed by atoms with Crippen LogP contribution in [0.15, 0.2) is 0 Å². The molecule has 0 spiro atoms. The van der Waals surface area contributed by atoms with Crippen LogP contribution in [0.1, 0.15) is 6.42 Å². The highest BCUT2D eigenvalue weighted by Crippen LogP contribution is 2.02. The van der Waals surface area contributed by atoms with Gasteiger partial charge in [0.2, 0.25) is 11.8 Å². The quantitative estimate of drug-likeness (QED) is 0.430. The SMILES string of the molecule is NC(=O)CC(C(N)=O)S(=O)(=O)O. The topological polar surface area (TPSA) is 141 Å². The van der Waals surface area contributed by atoms with E-state index in [9.17, 15) is 18.0 Å². The first-order valence-corrected chi connectivity index (χ1v) is 4.29. The molecule has 2 amide bonds. The van der Waals surface area contributed by atoms with Gasteiger partial charge >= 0.3 is 0 Å². The van der Waals surface area contributed by atoms with Gasteiger partial charge < -0.3 is 11.5 Å². The first kappa shape index (κ1) is 10.8. The zero-order chi connectivity index (χ0) is 9.94. The lowest BCUT2D eigenvalue weighted by atomic mass is 10.3. The number of carbonyl (C=O) groups excluding carboxylic acids is 2. The Morgan fingerprint density at radius 1 is 1.33 bits per heavy atom. The maximum atomic E-state index is 10.4. The number of carbonyl (C=O) groups is 2. The van der Waals surface area contributed by atoms with Crippen molar-refractivity contribution in [2.24, 2.45) is 11.5 Å². The molecule has 5 N–H and O–H groups in total. The van der Waals surface area contributed by atoms with Crippen molar-refractivity contribution in [2.45, 2.75) is 11.7 Å². The summed E-state index contributed by atoms with van der Waals surface area (Å²) in [7, 11) is -4.63. The van der Waals surface area contributed by atoms with E-state index in [1.165, 1.54) is 0 Å². The Morgan fingerprint density at radius 2 is 1.75 bits per heavy atom. The molecule has 0 aliphatic heterocycles. The highest BCUT2D eigenvalue weighted by molar-refractivity contribution is 7.87. The highest BCUT2D eigenvalue weighted by Gasteiger charge is 2.30. The molecule has 0 fully saturated rings. The molecule has 12 heavy (non-hydrogen) atoms. The van der Waals surface area contributed by atoms with Gasteiger partial charge in [-0.15, -0.1) is 0 Å². The summed E-state index contributed by atoms with van der Waals surface area (Å²) < 4.78 is 29.1. The average molecular weight is 196 g/mol. The number of rotatable bonds is 4. The Hall–Kier alpha value is -1.15. The minimum absolute atomic E-state index is 0.811. The summed E-state index contributed by atoms with van der Waals surface area (Å²) in [4.78, 5) is 20.6. The molecular weight excluding hydrogens is 188 g/mol. The fraction of sp³-hybridized carbons (Fsp3) is 0.500. The van der Waals surface area contributed by atoms with Crippen molar-refractivity contribution in [3.8, 4) is 0 Å². The molecule has 1 atom stereocenters. The Morgan fingerprint density at radius 3 is 1.83 bits per heavy atom. The van der Waals surface area contributed by atoms with E-state index in [2.05, 4.69) is 11.5 Å². The Balaban J connectivity index is 4.70. The second-order valence-corrected chi connectivity index (χ2v) is 3.68. The maximum absolute atomic E-state index is 10.4. The van der Waals surface area contributed by atoms with Gasteiger partial charge in [-0.2, -0.15) is 8.42 Å². The molecule has 70 valence electrons. The smallest absolute Gasteiger partial charge is 0.277 e. The largest absolute Gasteiger partial charge is 0.370 e. The summed E-state index contributed by atoms with van der Waals surface area (Å²) in [6, 6.07) is 0. The fourth-order valence-corrected chi connectivity index (χ4v) is 1.20. The zero-order valence-electron chi connectivity index (χ0n) is 5.93. The van der Waals surface area contributed by atoms with E-state index in [4.69, 9.17) is 4.55 Å². The Bertz CT molecular complexity index is 295. The molecular formula is C4H8N2O5S. The van der Waals surface area contributed by atoms with Crippen molar-refractivity contribution >= 4 is 21.9 Å². The molecule has 0 bridgehead atoms. The van der Waals surface area contributed by atoms with Crippen molar-refractivity contribution in [2.75, 3.05) is 0 Å². The van der Waals surface area contributed by atoms with Gasteiger partial charge in [0.25, 0.3) is 10.1 Å². The van der Waals surface area contributed by atoms with Gasteiger partial charge in [0.1, 0.15) is 0 Å². The monoisotopic (exact) mass is 196 g/mol. The second kappa shape index (κ2) is 3.50. The number of hydrogen-bond donors (Lipinski definition) is 3. The molecule has 0 aromatic rings. The van der Waals surface area contributed by atoms with E-state index in [1.807, 2.05) is 0 Å². The fourth-order valence-electron chi connectivity index (χ4n) is 0.535. The predicted molar refractivity (Wildman–Crippen MR) is 38.3 cm³/mol. The summed E-state index contributed by atoms with van der Waals surface area (Å²) in [5.41, 5.74) is 9.19. The summed E-state index contributed by atoms with van der Waals surface area (Å²) >= 11 is 0. The minimum atomic E-state index is -4.63. The van der Waals surface area contributed by atoms with E-state index in [-0.39, 0.29) is 0 Å². The molecule has 0 radical (unpaired) electrons. The van der Waals surface area contributed by atoms with Gasteiger partial charge in [-0.1, -0.05) is 0 Å². The minimum Gasteiger partial charge on any atom is -0.370 e. The molecule has 0 saturated carbocycles. The van der Waals surface area contributed by atoms with E-state index in [0.29, 0.717) is 0 Å². The van der Waals surface area contributed by atoms with Crippen LogP contribution >= 0.6 is 0 Å². The molecule has 0 aliphatic carbocycles. The normalized spacial score (nSPS) is 13.8. The van der Waals surface area contributed by atoms with E-state index < -0.39 is 33.6 Å². The van der Waals surface area contributed by atoms with Crippen LogP contribution in [0, 0.1) is 0 Å². The maximum Gasteiger partial charge on any atom is 0.277 e. The van der Waals surface area contributed by atoms with Crippen molar-refractivity contribution in [3.63, 3.8) is 0 Å². The zero-order valence-corrected chi connectivity index (χ0v) is 6.74. The lowest BCUT2D eigenvalue weighted by Crippen LogP contribution is -2.38. The van der Waals surface area contributed by atoms with Gasteiger partial charge in [0.15, 0.2) is 5.25 Å². The van der Waals surface area contributed by atoms with Gasteiger partial charge in [0.05, 0.1) is 6.42 Å². The summed E-state index contributed by atoms with van der Waals surface area (Å²) in [6.45, 7) is 0. The highest BCUT2D eigenvalue weighted by atomic mass is 32.2. The predicted octanol–water partition coefficient (Wildman–Crippen LogP) is -2.40. The van der Waals surface area contributed by atoms with Crippen LogP contribution in [0.25, 0.3) is 0 Å².